The van der Waals surface area contributed by atoms with Gasteiger partial charge in [0.05, 0.1) is 0 Å². The third-order valence-electron chi connectivity index (χ3n) is 2.39. The monoisotopic (exact) mass is 283 g/mol. The van der Waals surface area contributed by atoms with Crippen molar-refractivity contribution in [3.63, 3.8) is 0 Å². The van der Waals surface area contributed by atoms with Crippen LogP contribution in [0.25, 0.3) is 0 Å². The van der Waals surface area contributed by atoms with E-state index in [1.54, 1.807) is 0 Å². The Morgan fingerprint density at radius 2 is 1.94 bits per heavy atom. The first-order valence-corrected chi connectivity index (χ1v) is 6.71. The third-order valence-corrected chi connectivity index (χ3v) is 3.41. The number of hydrogen-bond acceptors (Lipinski definition) is 5. The van der Waals surface area contributed by atoms with E-state index in [2.05, 4.69) is 15.5 Å². The largest absolute Gasteiger partial charge is 0.429 e. The van der Waals surface area contributed by atoms with Crippen LogP contribution in [0.3, 0.4) is 0 Å². The van der Waals surface area contributed by atoms with Gasteiger partial charge in [-0.25, -0.2) is 0 Å². The SMILES string of the molecule is CNCc1nnc(Oc2c(C)cc(Cl)cc2C)s1. The Morgan fingerprint density at radius 3 is 2.56 bits per heavy atom. The van der Waals surface area contributed by atoms with Gasteiger partial charge >= 0.3 is 0 Å². The molecule has 1 aromatic heterocycles. The van der Waals surface area contributed by atoms with Crippen LogP contribution in [0, 0.1) is 13.8 Å². The number of halogens is 1. The number of hydrogen-bond donors (Lipinski definition) is 1. The molecular formula is C12H14ClN3OS. The predicted octanol–water partition coefficient (Wildman–Crippen LogP) is 3.32. The second-order valence-corrected chi connectivity index (χ2v) is 5.42. The molecule has 4 nitrogen and oxygen atoms in total. The maximum atomic E-state index is 5.98. The minimum absolute atomic E-state index is 0.550. The molecule has 0 radical (unpaired) electrons. The molecule has 0 saturated heterocycles. The summed E-state index contributed by atoms with van der Waals surface area (Å²) in [7, 11) is 1.87. The highest BCUT2D eigenvalue weighted by atomic mass is 35.5. The second-order valence-electron chi connectivity index (χ2n) is 3.96. The molecule has 96 valence electrons. The summed E-state index contributed by atoms with van der Waals surface area (Å²) in [5.74, 6) is 0.798. The number of aryl methyl sites for hydroxylation is 2. The summed E-state index contributed by atoms with van der Waals surface area (Å²) in [6, 6.07) is 3.75. The molecule has 0 spiro atoms. The van der Waals surface area contributed by atoms with Crippen molar-refractivity contribution in [2.24, 2.45) is 0 Å². The van der Waals surface area contributed by atoms with Crippen LogP contribution in [0.4, 0.5) is 0 Å². The molecule has 0 aliphatic carbocycles. The van der Waals surface area contributed by atoms with Gasteiger partial charge in [-0.15, -0.1) is 5.10 Å². The molecule has 1 heterocycles. The molecule has 18 heavy (non-hydrogen) atoms. The second kappa shape index (κ2) is 5.65. The van der Waals surface area contributed by atoms with Crippen molar-refractivity contribution in [1.82, 2.24) is 15.5 Å². The third kappa shape index (κ3) is 2.98. The van der Waals surface area contributed by atoms with Crippen LogP contribution in [-0.4, -0.2) is 17.2 Å². The molecule has 0 unspecified atom stereocenters. The van der Waals surface area contributed by atoms with Crippen molar-refractivity contribution in [3.8, 4) is 10.9 Å². The Labute approximate surface area is 115 Å². The molecule has 0 aliphatic rings. The summed E-state index contributed by atoms with van der Waals surface area (Å²) in [5, 5.41) is 13.2. The van der Waals surface area contributed by atoms with Crippen molar-refractivity contribution >= 4 is 22.9 Å². The van der Waals surface area contributed by atoms with Crippen molar-refractivity contribution in [2.45, 2.75) is 20.4 Å². The van der Waals surface area contributed by atoms with E-state index in [1.807, 2.05) is 33.0 Å². The molecule has 0 bridgehead atoms. The zero-order valence-corrected chi connectivity index (χ0v) is 12.0. The van der Waals surface area contributed by atoms with Gasteiger partial charge in [0.2, 0.25) is 0 Å². The molecule has 0 amide bonds. The molecule has 2 aromatic rings. The topological polar surface area (TPSA) is 47.0 Å². The number of benzene rings is 1. The van der Waals surface area contributed by atoms with Crippen molar-refractivity contribution < 1.29 is 4.74 Å². The van der Waals surface area contributed by atoms with Crippen LogP contribution in [0.5, 0.6) is 10.9 Å². The fourth-order valence-corrected chi connectivity index (χ4v) is 2.68. The Balaban J connectivity index is 2.22. The fourth-order valence-electron chi connectivity index (χ4n) is 1.65. The van der Waals surface area contributed by atoms with E-state index in [1.165, 1.54) is 11.3 Å². The standard InChI is InChI=1S/C12H14ClN3OS/c1-7-4-9(13)5-8(2)11(7)17-12-16-15-10(18-12)6-14-3/h4-5,14H,6H2,1-3H3. The van der Waals surface area contributed by atoms with Gasteiger partial charge in [0.1, 0.15) is 10.8 Å². The highest BCUT2D eigenvalue weighted by Gasteiger charge is 2.10. The van der Waals surface area contributed by atoms with E-state index in [-0.39, 0.29) is 0 Å². The Hall–Kier alpha value is -1.17. The van der Waals surface area contributed by atoms with Crippen LogP contribution >= 0.6 is 22.9 Å². The summed E-state index contributed by atoms with van der Waals surface area (Å²) in [6.45, 7) is 4.62. The molecule has 0 aliphatic heterocycles. The minimum atomic E-state index is 0.550. The maximum Gasteiger partial charge on any atom is 0.299 e. The highest BCUT2D eigenvalue weighted by molar-refractivity contribution is 7.13. The van der Waals surface area contributed by atoms with E-state index in [0.717, 1.165) is 21.9 Å². The van der Waals surface area contributed by atoms with E-state index in [4.69, 9.17) is 16.3 Å². The van der Waals surface area contributed by atoms with Crippen LogP contribution in [0.2, 0.25) is 5.02 Å². The molecule has 2 rings (SSSR count). The first-order chi connectivity index (χ1) is 8.60. The maximum absolute atomic E-state index is 5.98. The summed E-state index contributed by atoms with van der Waals surface area (Å²) in [5.41, 5.74) is 1.98. The van der Waals surface area contributed by atoms with Crippen LogP contribution in [-0.2, 0) is 6.54 Å². The molecule has 1 N–H and O–H groups in total. The lowest BCUT2D eigenvalue weighted by Crippen LogP contribution is -2.04. The summed E-state index contributed by atoms with van der Waals surface area (Å²) in [4.78, 5) is 0. The Bertz CT molecular complexity index is 533. The lowest BCUT2D eigenvalue weighted by atomic mass is 10.1. The van der Waals surface area contributed by atoms with Gasteiger partial charge in [0, 0.05) is 11.6 Å². The smallest absolute Gasteiger partial charge is 0.299 e. The van der Waals surface area contributed by atoms with Crippen LogP contribution in [0.15, 0.2) is 12.1 Å². The zero-order chi connectivity index (χ0) is 13.1. The van der Waals surface area contributed by atoms with E-state index in [9.17, 15) is 0 Å². The van der Waals surface area contributed by atoms with Gasteiger partial charge in [-0.2, -0.15) is 0 Å². The van der Waals surface area contributed by atoms with Gasteiger partial charge in [-0.05, 0) is 44.2 Å². The summed E-state index contributed by atoms with van der Waals surface area (Å²) in [6.07, 6.45) is 0. The number of aromatic nitrogens is 2. The normalized spacial score (nSPS) is 10.7. The van der Waals surface area contributed by atoms with Crippen molar-refractivity contribution in [3.05, 3.63) is 33.3 Å². The Morgan fingerprint density at radius 1 is 1.28 bits per heavy atom. The van der Waals surface area contributed by atoms with Gasteiger partial charge in [0.25, 0.3) is 5.19 Å². The van der Waals surface area contributed by atoms with Crippen molar-refractivity contribution in [2.75, 3.05) is 7.05 Å². The van der Waals surface area contributed by atoms with Gasteiger partial charge in [-0.1, -0.05) is 28.0 Å². The average Bonchev–Trinajstić information content (AvgIpc) is 2.72. The first-order valence-electron chi connectivity index (χ1n) is 5.51. The molecule has 0 saturated carbocycles. The molecule has 0 fully saturated rings. The van der Waals surface area contributed by atoms with Gasteiger partial charge in [-0.3, -0.25) is 0 Å². The average molecular weight is 284 g/mol. The van der Waals surface area contributed by atoms with Crippen molar-refractivity contribution in [1.29, 1.82) is 0 Å². The Kier molecular flexibility index (Phi) is 4.16. The summed E-state index contributed by atoms with van der Waals surface area (Å²) < 4.78 is 5.78. The number of nitrogens with zero attached hydrogens (tertiary/aromatic N) is 2. The predicted molar refractivity (Wildman–Crippen MR) is 73.7 cm³/mol. The summed E-state index contributed by atoms with van der Waals surface area (Å²) >= 11 is 7.42. The molecule has 0 atom stereocenters. The first kappa shape index (κ1) is 13.3. The minimum Gasteiger partial charge on any atom is -0.429 e. The zero-order valence-electron chi connectivity index (χ0n) is 10.5. The van der Waals surface area contributed by atoms with E-state index in [0.29, 0.717) is 16.8 Å². The van der Waals surface area contributed by atoms with E-state index >= 15 is 0 Å². The molecular weight excluding hydrogens is 270 g/mol. The highest BCUT2D eigenvalue weighted by Crippen LogP contribution is 2.32. The quantitative estimate of drug-likeness (QED) is 0.935. The lowest BCUT2D eigenvalue weighted by Gasteiger charge is -2.09. The lowest BCUT2D eigenvalue weighted by molar-refractivity contribution is 0.466. The molecule has 1 aromatic carbocycles. The van der Waals surface area contributed by atoms with Gasteiger partial charge in [0.15, 0.2) is 0 Å². The fraction of sp³-hybridized carbons (Fsp3) is 0.333. The number of ether oxygens (including phenoxy) is 1. The van der Waals surface area contributed by atoms with Crippen LogP contribution < -0.4 is 10.1 Å². The van der Waals surface area contributed by atoms with Crippen LogP contribution in [0.1, 0.15) is 16.1 Å². The van der Waals surface area contributed by atoms with E-state index < -0.39 is 0 Å². The molecule has 6 heteroatoms. The van der Waals surface area contributed by atoms with Gasteiger partial charge < -0.3 is 10.1 Å². The number of rotatable bonds is 4. The number of nitrogens with one attached hydrogen (secondary N) is 1.